The van der Waals surface area contributed by atoms with E-state index in [2.05, 4.69) is 25.4 Å². The number of aromatic amines is 1. The van der Waals surface area contributed by atoms with Crippen LogP contribution in [0.5, 0.6) is 0 Å². The standard InChI is InChI=1S/C26H27N7O2/c1-17-25(34)33(21-5-3-2-4-6-21)23-15-27-26(29-20-7-8-22-19(13-20)14-28-31-22)30-24(23)32(17)16-18-9-11-35-12-10-18/h2-8,13-15,17-18H,9-12,16H2,1H3,(H,28,31)(H,27,29,30)/t17-/m1/s1. The van der Waals surface area contributed by atoms with E-state index >= 15 is 0 Å². The molecular formula is C26H27N7O2. The Balaban J connectivity index is 1.39. The average molecular weight is 470 g/mol. The molecule has 2 aliphatic rings. The van der Waals surface area contributed by atoms with Gasteiger partial charge < -0.3 is 15.0 Å². The quantitative estimate of drug-likeness (QED) is 0.447. The molecule has 2 N–H and O–H groups in total. The number of nitrogens with one attached hydrogen (secondary N) is 2. The summed E-state index contributed by atoms with van der Waals surface area (Å²) in [4.78, 5) is 27.0. The Labute approximate surface area is 203 Å². The van der Waals surface area contributed by atoms with Gasteiger partial charge in [0.05, 0.1) is 17.9 Å². The molecule has 2 aromatic heterocycles. The van der Waals surface area contributed by atoms with Crippen molar-refractivity contribution in [2.45, 2.75) is 25.8 Å². The molecule has 9 nitrogen and oxygen atoms in total. The zero-order valence-electron chi connectivity index (χ0n) is 19.5. The van der Waals surface area contributed by atoms with Crippen LogP contribution in [0.15, 0.2) is 60.9 Å². The number of nitrogens with zero attached hydrogens (tertiary/aromatic N) is 5. The number of anilines is 5. The van der Waals surface area contributed by atoms with Crippen LogP contribution in [0.2, 0.25) is 0 Å². The number of rotatable bonds is 5. The Morgan fingerprint density at radius 1 is 1.11 bits per heavy atom. The molecule has 0 spiro atoms. The lowest BCUT2D eigenvalue weighted by Gasteiger charge is -2.42. The molecule has 0 saturated carbocycles. The van der Waals surface area contributed by atoms with Gasteiger partial charge in [0.1, 0.15) is 11.7 Å². The molecule has 0 unspecified atom stereocenters. The molecule has 1 amide bonds. The van der Waals surface area contributed by atoms with Crippen molar-refractivity contribution in [3.63, 3.8) is 0 Å². The Bertz CT molecular complexity index is 1350. The summed E-state index contributed by atoms with van der Waals surface area (Å²) in [5.41, 5.74) is 3.35. The number of ether oxygens (including phenoxy) is 1. The fraction of sp³-hybridized carbons (Fsp3) is 0.308. The van der Waals surface area contributed by atoms with E-state index in [1.54, 1.807) is 17.3 Å². The maximum atomic E-state index is 13.6. The van der Waals surface area contributed by atoms with E-state index in [0.29, 0.717) is 17.6 Å². The normalized spacial score (nSPS) is 18.7. The topological polar surface area (TPSA) is 99.3 Å². The Hall–Kier alpha value is -3.98. The maximum absolute atomic E-state index is 13.6. The van der Waals surface area contributed by atoms with Crippen molar-refractivity contribution in [1.29, 1.82) is 0 Å². The third kappa shape index (κ3) is 4.08. The van der Waals surface area contributed by atoms with Gasteiger partial charge in [0, 0.05) is 36.5 Å². The van der Waals surface area contributed by atoms with E-state index in [1.807, 2.05) is 55.5 Å². The first-order chi connectivity index (χ1) is 17.2. The van der Waals surface area contributed by atoms with Gasteiger partial charge in [-0.3, -0.25) is 14.8 Å². The van der Waals surface area contributed by atoms with Crippen LogP contribution in [-0.4, -0.2) is 51.9 Å². The highest BCUT2D eigenvalue weighted by atomic mass is 16.5. The molecule has 0 radical (unpaired) electrons. The van der Waals surface area contributed by atoms with Crippen LogP contribution in [0.1, 0.15) is 19.8 Å². The lowest BCUT2D eigenvalue weighted by atomic mass is 9.98. The number of fused-ring (bicyclic) bond motifs is 2. The van der Waals surface area contributed by atoms with Gasteiger partial charge in [0.25, 0.3) is 5.91 Å². The van der Waals surface area contributed by atoms with Crippen LogP contribution in [0, 0.1) is 5.92 Å². The van der Waals surface area contributed by atoms with Gasteiger partial charge in [-0.05, 0) is 56.0 Å². The van der Waals surface area contributed by atoms with Crippen molar-refractivity contribution in [1.82, 2.24) is 20.2 Å². The van der Waals surface area contributed by atoms with Gasteiger partial charge in [-0.1, -0.05) is 18.2 Å². The highest BCUT2D eigenvalue weighted by molar-refractivity contribution is 6.09. The number of aromatic nitrogens is 4. The number of para-hydroxylation sites is 1. The highest BCUT2D eigenvalue weighted by Gasteiger charge is 2.39. The molecule has 4 aromatic rings. The molecule has 1 atom stereocenters. The molecule has 9 heteroatoms. The van der Waals surface area contributed by atoms with Crippen LogP contribution in [0.3, 0.4) is 0 Å². The van der Waals surface area contributed by atoms with Gasteiger partial charge in [0.2, 0.25) is 5.95 Å². The fourth-order valence-corrected chi connectivity index (χ4v) is 4.86. The summed E-state index contributed by atoms with van der Waals surface area (Å²) in [6.07, 6.45) is 5.50. The second-order valence-corrected chi connectivity index (χ2v) is 9.09. The van der Waals surface area contributed by atoms with E-state index in [1.165, 1.54) is 0 Å². The van der Waals surface area contributed by atoms with Crippen LogP contribution in [-0.2, 0) is 9.53 Å². The average Bonchev–Trinajstić information content (AvgIpc) is 3.36. The number of hydrogen-bond acceptors (Lipinski definition) is 7. The Morgan fingerprint density at radius 2 is 1.94 bits per heavy atom. The molecular weight excluding hydrogens is 442 g/mol. The summed E-state index contributed by atoms with van der Waals surface area (Å²) in [5.74, 6) is 1.71. The zero-order valence-corrected chi connectivity index (χ0v) is 19.5. The molecule has 2 aliphatic heterocycles. The van der Waals surface area contributed by atoms with Gasteiger partial charge in [-0.2, -0.15) is 10.1 Å². The summed E-state index contributed by atoms with van der Waals surface area (Å²) in [6, 6.07) is 15.3. The molecule has 35 heavy (non-hydrogen) atoms. The van der Waals surface area contributed by atoms with Gasteiger partial charge in [-0.15, -0.1) is 0 Å². The third-order valence-electron chi connectivity index (χ3n) is 6.81. The van der Waals surface area contributed by atoms with Crippen LogP contribution >= 0.6 is 0 Å². The van der Waals surface area contributed by atoms with Crippen molar-refractivity contribution in [3.8, 4) is 0 Å². The maximum Gasteiger partial charge on any atom is 0.254 e. The number of H-pyrrole nitrogens is 1. The number of hydrogen-bond donors (Lipinski definition) is 2. The lowest BCUT2D eigenvalue weighted by Crippen LogP contribution is -2.52. The van der Waals surface area contributed by atoms with Gasteiger partial charge >= 0.3 is 0 Å². The summed E-state index contributed by atoms with van der Waals surface area (Å²) in [5, 5.41) is 11.4. The molecule has 6 rings (SSSR count). The van der Waals surface area contributed by atoms with Gasteiger partial charge in [0.15, 0.2) is 5.82 Å². The predicted octanol–water partition coefficient (Wildman–Crippen LogP) is 4.40. The summed E-state index contributed by atoms with van der Waals surface area (Å²) >= 11 is 0. The second-order valence-electron chi connectivity index (χ2n) is 9.09. The first-order valence-corrected chi connectivity index (χ1v) is 12.0. The van der Waals surface area contributed by atoms with E-state index in [4.69, 9.17) is 9.72 Å². The summed E-state index contributed by atoms with van der Waals surface area (Å²) in [6.45, 7) is 4.24. The summed E-state index contributed by atoms with van der Waals surface area (Å²) in [7, 11) is 0. The first kappa shape index (κ1) is 21.5. The first-order valence-electron chi connectivity index (χ1n) is 12.0. The SMILES string of the molecule is C[C@@H]1C(=O)N(c2ccccc2)c2cnc(Nc3ccc4[nH]ncc4c3)nc2N1CC1CCOCC1. The predicted molar refractivity (Wildman–Crippen MR) is 135 cm³/mol. The van der Waals surface area contributed by atoms with Crippen molar-refractivity contribution in [2.24, 2.45) is 5.92 Å². The van der Waals surface area contributed by atoms with E-state index in [9.17, 15) is 4.79 Å². The number of carbonyl (C=O) groups excluding carboxylic acids is 1. The summed E-state index contributed by atoms with van der Waals surface area (Å²) < 4.78 is 5.56. The number of benzene rings is 2. The van der Waals surface area contributed by atoms with Gasteiger partial charge in [-0.25, -0.2) is 4.98 Å². The molecule has 0 bridgehead atoms. The molecule has 0 aliphatic carbocycles. The third-order valence-corrected chi connectivity index (χ3v) is 6.81. The fourth-order valence-electron chi connectivity index (χ4n) is 4.86. The Kier molecular flexibility index (Phi) is 5.54. The monoisotopic (exact) mass is 469 g/mol. The van der Waals surface area contributed by atoms with Crippen LogP contribution < -0.4 is 15.1 Å². The van der Waals surface area contributed by atoms with Crippen LogP contribution in [0.4, 0.5) is 28.8 Å². The zero-order chi connectivity index (χ0) is 23.8. The van der Waals surface area contributed by atoms with Crippen molar-refractivity contribution >= 4 is 45.6 Å². The van der Waals surface area contributed by atoms with E-state index < -0.39 is 0 Å². The van der Waals surface area contributed by atoms with Crippen molar-refractivity contribution in [2.75, 3.05) is 34.9 Å². The van der Waals surface area contributed by atoms with Crippen molar-refractivity contribution < 1.29 is 9.53 Å². The largest absolute Gasteiger partial charge is 0.381 e. The van der Waals surface area contributed by atoms with Crippen molar-refractivity contribution in [3.05, 3.63) is 60.9 Å². The number of carbonyl (C=O) groups is 1. The number of amides is 1. The smallest absolute Gasteiger partial charge is 0.254 e. The minimum Gasteiger partial charge on any atom is -0.381 e. The molecule has 178 valence electrons. The Morgan fingerprint density at radius 3 is 2.77 bits per heavy atom. The molecule has 2 aromatic carbocycles. The molecule has 4 heterocycles. The highest BCUT2D eigenvalue weighted by Crippen LogP contribution is 2.40. The minimum atomic E-state index is -0.351. The van der Waals surface area contributed by atoms with Crippen LogP contribution in [0.25, 0.3) is 10.9 Å². The minimum absolute atomic E-state index is 0.0190. The van der Waals surface area contributed by atoms with E-state index in [-0.39, 0.29) is 11.9 Å². The second kappa shape index (κ2) is 8.99. The molecule has 1 fully saturated rings. The lowest BCUT2D eigenvalue weighted by molar-refractivity contribution is -0.119. The molecule has 1 saturated heterocycles. The van der Waals surface area contributed by atoms with E-state index in [0.717, 1.165) is 60.7 Å².